The molecule has 3 nitrogen and oxygen atoms in total. The van der Waals surface area contributed by atoms with E-state index in [2.05, 4.69) is 20.7 Å². The van der Waals surface area contributed by atoms with E-state index in [0.717, 1.165) is 0 Å². The summed E-state index contributed by atoms with van der Waals surface area (Å²) in [4.78, 5) is 11.1. The van der Waals surface area contributed by atoms with Gasteiger partial charge in [0.2, 0.25) is 0 Å². The zero-order valence-electron chi connectivity index (χ0n) is 7.88. The predicted molar refractivity (Wildman–Crippen MR) is 59.6 cm³/mol. The molecule has 0 unspecified atom stereocenters. The zero-order valence-corrected chi connectivity index (χ0v) is 10.2. The Hall–Kier alpha value is -1.05. The fourth-order valence-corrected chi connectivity index (χ4v) is 1.64. The van der Waals surface area contributed by atoms with Crippen molar-refractivity contribution >= 4 is 33.5 Å². The molecule has 78 valence electrons. The van der Waals surface area contributed by atoms with E-state index < -0.39 is 5.97 Å². The molecule has 0 bridgehead atoms. The van der Waals surface area contributed by atoms with Gasteiger partial charge in [0, 0.05) is 4.47 Å². The second kappa shape index (κ2) is 5.15. The van der Waals surface area contributed by atoms with Gasteiger partial charge in [0.25, 0.3) is 0 Å². The van der Waals surface area contributed by atoms with Gasteiger partial charge in [-0.1, -0.05) is 17.7 Å². The van der Waals surface area contributed by atoms with E-state index in [1.165, 1.54) is 7.11 Å². The topological polar surface area (TPSA) is 50.1 Å². The second-order valence-corrected chi connectivity index (χ2v) is 3.99. The molecule has 0 radical (unpaired) electrons. The van der Waals surface area contributed by atoms with Gasteiger partial charge < -0.3 is 4.74 Å². The molecule has 0 saturated carbocycles. The maximum Gasteiger partial charge on any atom is 0.310 e. The van der Waals surface area contributed by atoms with Crippen molar-refractivity contribution < 1.29 is 9.53 Å². The minimum Gasteiger partial charge on any atom is -0.469 e. The number of rotatable bonds is 2. The predicted octanol–water partition coefficient (Wildman–Crippen LogP) is 2.69. The van der Waals surface area contributed by atoms with Crippen molar-refractivity contribution in [1.29, 1.82) is 5.26 Å². The zero-order chi connectivity index (χ0) is 11.4. The van der Waals surface area contributed by atoms with Crippen LogP contribution in [-0.2, 0) is 16.0 Å². The van der Waals surface area contributed by atoms with Crippen LogP contribution in [0.5, 0.6) is 0 Å². The minimum absolute atomic E-state index is 0.0480. The Labute approximate surface area is 101 Å². The summed E-state index contributed by atoms with van der Waals surface area (Å²) in [6.45, 7) is 0. The molecule has 0 heterocycles. The summed E-state index contributed by atoms with van der Waals surface area (Å²) in [5.41, 5.74) is 0.869. The number of hydrogen-bond donors (Lipinski definition) is 0. The van der Waals surface area contributed by atoms with Gasteiger partial charge in [0.05, 0.1) is 24.1 Å². The highest BCUT2D eigenvalue weighted by Gasteiger charge is 2.13. The van der Waals surface area contributed by atoms with Crippen LogP contribution in [0.15, 0.2) is 16.6 Å². The van der Waals surface area contributed by atoms with E-state index in [1.54, 1.807) is 12.1 Å². The molecular formula is C10H7BrClNO2. The third-order valence-corrected chi connectivity index (χ3v) is 3.14. The molecule has 1 aromatic carbocycles. The summed E-state index contributed by atoms with van der Waals surface area (Å²) in [7, 11) is 1.30. The Morgan fingerprint density at radius 3 is 2.87 bits per heavy atom. The third-order valence-electron chi connectivity index (χ3n) is 1.86. The fraction of sp³-hybridized carbons (Fsp3) is 0.200. The first kappa shape index (κ1) is 12.0. The van der Waals surface area contributed by atoms with Crippen LogP contribution in [0.4, 0.5) is 0 Å². The standard InChI is InChI=1S/C10H7BrClNO2/c1-15-9(14)4-6-2-3-8(11)10(12)7(6)5-13/h2-3H,4H2,1H3. The average Bonchev–Trinajstić information content (AvgIpc) is 2.24. The van der Waals surface area contributed by atoms with Crippen molar-refractivity contribution in [3.05, 3.63) is 32.8 Å². The molecule has 1 rings (SSSR count). The van der Waals surface area contributed by atoms with E-state index in [-0.39, 0.29) is 6.42 Å². The maximum atomic E-state index is 11.1. The SMILES string of the molecule is COC(=O)Cc1ccc(Br)c(Cl)c1C#N. The van der Waals surface area contributed by atoms with E-state index in [0.29, 0.717) is 20.6 Å². The highest BCUT2D eigenvalue weighted by Crippen LogP contribution is 2.28. The molecule has 0 fully saturated rings. The van der Waals surface area contributed by atoms with Gasteiger partial charge in [0.15, 0.2) is 0 Å². The first-order chi connectivity index (χ1) is 7.10. The lowest BCUT2D eigenvalue weighted by Gasteiger charge is -2.05. The minimum atomic E-state index is -0.398. The number of methoxy groups -OCH3 is 1. The van der Waals surface area contributed by atoms with E-state index in [1.807, 2.05) is 6.07 Å². The van der Waals surface area contributed by atoms with Crippen molar-refractivity contribution in [1.82, 2.24) is 0 Å². The molecule has 0 N–H and O–H groups in total. The monoisotopic (exact) mass is 287 g/mol. The smallest absolute Gasteiger partial charge is 0.310 e. The molecule has 1 aromatic rings. The van der Waals surface area contributed by atoms with Crippen LogP contribution in [0.3, 0.4) is 0 Å². The van der Waals surface area contributed by atoms with Crippen LogP contribution in [0.2, 0.25) is 5.02 Å². The van der Waals surface area contributed by atoms with Gasteiger partial charge in [-0.15, -0.1) is 0 Å². The number of benzene rings is 1. The quantitative estimate of drug-likeness (QED) is 0.786. The highest BCUT2D eigenvalue weighted by molar-refractivity contribution is 9.10. The summed E-state index contributed by atoms with van der Waals surface area (Å²) < 4.78 is 5.15. The Kier molecular flexibility index (Phi) is 4.13. The number of nitrogens with zero attached hydrogens (tertiary/aromatic N) is 1. The maximum absolute atomic E-state index is 11.1. The number of halogens is 2. The summed E-state index contributed by atoms with van der Waals surface area (Å²) in [5.74, 6) is -0.398. The number of carbonyl (C=O) groups excluding carboxylic acids is 1. The molecule has 0 aliphatic heterocycles. The van der Waals surface area contributed by atoms with Gasteiger partial charge in [0.1, 0.15) is 6.07 Å². The highest BCUT2D eigenvalue weighted by atomic mass is 79.9. The average molecular weight is 289 g/mol. The van der Waals surface area contributed by atoms with Crippen LogP contribution >= 0.6 is 27.5 Å². The van der Waals surface area contributed by atoms with Crippen LogP contribution < -0.4 is 0 Å². The molecule has 15 heavy (non-hydrogen) atoms. The summed E-state index contributed by atoms with van der Waals surface area (Å²) in [6, 6.07) is 5.33. The van der Waals surface area contributed by atoms with Crippen LogP contribution in [-0.4, -0.2) is 13.1 Å². The normalized spacial score (nSPS) is 9.47. The van der Waals surface area contributed by atoms with Gasteiger partial charge >= 0.3 is 5.97 Å². The molecule has 0 atom stereocenters. The van der Waals surface area contributed by atoms with Crippen LogP contribution in [0.1, 0.15) is 11.1 Å². The molecular weight excluding hydrogens is 281 g/mol. The van der Waals surface area contributed by atoms with Crippen molar-refractivity contribution in [3.63, 3.8) is 0 Å². The molecule has 0 aliphatic carbocycles. The molecule has 0 aromatic heterocycles. The fourth-order valence-electron chi connectivity index (χ4n) is 1.09. The molecule has 0 amide bonds. The number of esters is 1. The van der Waals surface area contributed by atoms with E-state index >= 15 is 0 Å². The first-order valence-electron chi connectivity index (χ1n) is 4.04. The lowest BCUT2D eigenvalue weighted by molar-refractivity contribution is -0.139. The first-order valence-corrected chi connectivity index (χ1v) is 5.21. The van der Waals surface area contributed by atoms with Crippen molar-refractivity contribution in [3.8, 4) is 6.07 Å². The van der Waals surface area contributed by atoms with Gasteiger partial charge in [-0.2, -0.15) is 5.26 Å². The number of nitriles is 1. The molecule has 0 aliphatic rings. The molecule has 0 spiro atoms. The number of hydrogen-bond acceptors (Lipinski definition) is 3. The Morgan fingerprint density at radius 2 is 2.33 bits per heavy atom. The molecule has 0 saturated heterocycles. The van der Waals surface area contributed by atoms with E-state index in [4.69, 9.17) is 16.9 Å². The summed E-state index contributed by atoms with van der Waals surface area (Å²) >= 11 is 9.11. The largest absolute Gasteiger partial charge is 0.469 e. The Bertz CT molecular complexity index is 440. The van der Waals surface area contributed by atoms with Crippen molar-refractivity contribution in [2.24, 2.45) is 0 Å². The summed E-state index contributed by atoms with van der Waals surface area (Å²) in [5, 5.41) is 9.22. The number of carbonyl (C=O) groups is 1. The Balaban J connectivity index is 3.15. The van der Waals surface area contributed by atoms with Crippen molar-refractivity contribution in [2.75, 3.05) is 7.11 Å². The number of ether oxygens (including phenoxy) is 1. The Morgan fingerprint density at radius 1 is 1.67 bits per heavy atom. The third kappa shape index (κ3) is 2.71. The van der Waals surface area contributed by atoms with Crippen LogP contribution in [0.25, 0.3) is 0 Å². The van der Waals surface area contributed by atoms with E-state index in [9.17, 15) is 4.79 Å². The summed E-state index contributed by atoms with van der Waals surface area (Å²) in [6.07, 6.45) is 0.0480. The van der Waals surface area contributed by atoms with Gasteiger partial charge in [-0.05, 0) is 27.6 Å². The van der Waals surface area contributed by atoms with Crippen molar-refractivity contribution in [2.45, 2.75) is 6.42 Å². The van der Waals surface area contributed by atoms with Gasteiger partial charge in [-0.3, -0.25) is 4.79 Å². The lowest BCUT2D eigenvalue weighted by atomic mass is 10.1. The molecule has 5 heteroatoms. The second-order valence-electron chi connectivity index (χ2n) is 2.76. The van der Waals surface area contributed by atoms with Crippen LogP contribution in [0, 0.1) is 11.3 Å². The van der Waals surface area contributed by atoms with Gasteiger partial charge in [-0.25, -0.2) is 0 Å². The lowest BCUT2D eigenvalue weighted by Crippen LogP contribution is -2.06.